The summed E-state index contributed by atoms with van der Waals surface area (Å²) in [5.74, 6) is -0.865. The van der Waals surface area contributed by atoms with Gasteiger partial charge < -0.3 is 29.7 Å². The Balaban J connectivity index is 1.33. The lowest BCUT2D eigenvalue weighted by molar-refractivity contribution is -0.125. The second kappa shape index (κ2) is 14.9. The van der Waals surface area contributed by atoms with Crippen LogP contribution in [0.2, 0.25) is 0 Å². The monoisotopic (exact) mass is 674 g/mol. The number of amidine groups is 1. The fourth-order valence-corrected chi connectivity index (χ4v) is 7.49. The van der Waals surface area contributed by atoms with Crippen LogP contribution in [0.1, 0.15) is 40.1 Å². The number of likely N-dealkylation sites (tertiary alicyclic amines) is 1. The third kappa shape index (κ3) is 7.83. The topological polar surface area (TPSA) is 144 Å². The Morgan fingerprint density at radius 1 is 0.755 bits per heavy atom. The van der Waals surface area contributed by atoms with E-state index in [0.29, 0.717) is 47.6 Å². The van der Waals surface area contributed by atoms with Crippen LogP contribution in [0.4, 0.5) is 0 Å². The maximum Gasteiger partial charge on any atom is 0.457 e. The molecule has 4 N–H and O–H groups in total. The van der Waals surface area contributed by atoms with Gasteiger partial charge in [-0.05, 0) is 66.9 Å². The van der Waals surface area contributed by atoms with Crippen molar-refractivity contribution < 1.29 is 27.9 Å². The molecule has 0 saturated carbocycles. The van der Waals surface area contributed by atoms with E-state index in [0.717, 1.165) is 0 Å². The summed E-state index contributed by atoms with van der Waals surface area (Å²) < 4.78 is 33.4. The lowest BCUT2D eigenvalue weighted by Crippen LogP contribution is -2.47. The first kappa shape index (κ1) is 33.1. The molecule has 5 aromatic rings. The predicted molar refractivity (Wildman–Crippen MR) is 187 cm³/mol. The minimum atomic E-state index is -4.32. The van der Waals surface area contributed by atoms with Crippen molar-refractivity contribution in [3.63, 3.8) is 0 Å². The minimum Gasteiger partial charge on any atom is -0.457 e. The van der Waals surface area contributed by atoms with E-state index in [-0.39, 0.29) is 23.2 Å². The molecule has 248 valence electrons. The van der Waals surface area contributed by atoms with Crippen molar-refractivity contribution in [3.8, 4) is 23.0 Å². The highest BCUT2D eigenvalue weighted by Gasteiger charge is 2.45. The Kier molecular flexibility index (Phi) is 10.1. The molecule has 0 aromatic heterocycles. The summed E-state index contributed by atoms with van der Waals surface area (Å²) in [6, 6.07) is 38.7. The first-order chi connectivity index (χ1) is 23.8. The first-order valence-electron chi connectivity index (χ1n) is 15.8. The molecular formula is C38H35N4O6P. The summed E-state index contributed by atoms with van der Waals surface area (Å²) in [7, 11) is -4.32. The smallest absolute Gasteiger partial charge is 0.457 e. The number of hydrogen-bond donors (Lipinski definition) is 3. The highest BCUT2D eigenvalue weighted by Crippen LogP contribution is 2.59. The Morgan fingerprint density at radius 3 is 1.86 bits per heavy atom. The predicted octanol–water partition coefficient (Wildman–Crippen LogP) is 7.53. The summed E-state index contributed by atoms with van der Waals surface area (Å²) in [6.07, 6.45) is 0.973. The normalized spacial score (nSPS) is 14.8. The molecule has 0 spiro atoms. The number of nitrogens with one attached hydrogen (secondary N) is 2. The van der Waals surface area contributed by atoms with Crippen molar-refractivity contribution in [2.24, 2.45) is 5.73 Å². The molecule has 2 atom stereocenters. The van der Waals surface area contributed by atoms with E-state index in [1.54, 1.807) is 121 Å². The number of carbonyl (C=O) groups is 2. The molecule has 10 nitrogen and oxygen atoms in total. The van der Waals surface area contributed by atoms with Crippen molar-refractivity contribution in [1.29, 1.82) is 5.41 Å². The number of ether oxygens (including phenoxy) is 1. The van der Waals surface area contributed by atoms with Crippen LogP contribution >= 0.6 is 7.60 Å². The molecule has 0 aliphatic carbocycles. The number of hydrogen-bond acceptors (Lipinski definition) is 7. The number of benzene rings is 5. The van der Waals surface area contributed by atoms with Crippen LogP contribution in [-0.4, -0.2) is 35.1 Å². The fourth-order valence-electron chi connectivity index (χ4n) is 5.59. The third-order valence-corrected chi connectivity index (χ3v) is 9.98. The zero-order chi connectivity index (χ0) is 34.2. The number of nitrogens with two attached hydrogens (primary N) is 1. The van der Waals surface area contributed by atoms with Gasteiger partial charge >= 0.3 is 7.60 Å². The van der Waals surface area contributed by atoms with E-state index in [9.17, 15) is 9.59 Å². The lowest BCUT2D eigenvalue weighted by Gasteiger charge is -2.31. The SMILES string of the molecule is N=C(N)c1ccc(C(NC(=O)[C@@H]2CCCN2C(=O)c2ccccc2Oc2ccccc2)P(=O)(Oc2ccccc2)Oc2ccccc2)cc1. The van der Waals surface area contributed by atoms with E-state index < -0.39 is 25.3 Å². The minimum absolute atomic E-state index is 0.145. The molecule has 1 heterocycles. The lowest BCUT2D eigenvalue weighted by atomic mass is 10.1. The summed E-state index contributed by atoms with van der Waals surface area (Å²) in [5, 5.41) is 10.8. The van der Waals surface area contributed by atoms with Gasteiger partial charge in [0.1, 0.15) is 34.9 Å². The second-order valence-corrected chi connectivity index (χ2v) is 13.3. The van der Waals surface area contributed by atoms with Crippen LogP contribution in [0.3, 0.4) is 0 Å². The molecule has 6 rings (SSSR count). The van der Waals surface area contributed by atoms with Gasteiger partial charge in [-0.2, -0.15) is 0 Å². The molecule has 49 heavy (non-hydrogen) atoms. The fraction of sp³-hybridized carbons (Fsp3) is 0.132. The molecule has 0 bridgehead atoms. The Labute approximate surface area is 284 Å². The molecule has 11 heteroatoms. The Hall–Kier alpha value is -5.86. The number of carbonyl (C=O) groups excluding carboxylic acids is 2. The van der Waals surface area contributed by atoms with Crippen LogP contribution in [0, 0.1) is 5.41 Å². The van der Waals surface area contributed by atoms with Gasteiger partial charge in [-0.25, -0.2) is 4.57 Å². The van der Waals surface area contributed by atoms with Gasteiger partial charge in [0, 0.05) is 12.1 Å². The van der Waals surface area contributed by atoms with Gasteiger partial charge in [0.15, 0.2) is 5.78 Å². The van der Waals surface area contributed by atoms with E-state index >= 15 is 4.57 Å². The molecule has 0 radical (unpaired) electrons. The van der Waals surface area contributed by atoms with Crippen LogP contribution in [-0.2, 0) is 9.36 Å². The highest BCUT2D eigenvalue weighted by molar-refractivity contribution is 7.55. The van der Waals surface area contributed by atoms with Crippen molar-refractivity contribution in [2.75, 3.05) is 6.54 Å². The van der Waals surface area contributed by atoms with Gasteiger partial charge in [0.2, 0.25) is 5.91 Å². The average Bonchev–Trinajstić information content (AvgIpc) is 3.62. The van der Waals surface area contributed by atoms with E-state index in [1.807, 2.05) is 18.2 Å². The van der Waals surface area contributed by atoms with Crippen molar-refractivity contribution in [2.45, 2.75) is 24.7 Å². The molecule has 1 unspecified atom stereocenters. The maximum atomic E-state index is 15.1. The number of rotatable bonds is 12. The van der Waals surface area contributed by atoms with Gasteiger partial charge in [-0.1, -0.05) is 91.0 Å². The van der Waals surface area contributed by atoms with Crippen molar-refractivity contribution in [1.82, 2.24) is 10.2 Å². The van der Waals surface area contributed by atoms with Crippen LogP contribution in [0.25, 0.3) is 0 Å². The summed E-state index contributed by atoms with van der Waals surface area (Å²) in [6.45, 7) is 0.341. The molecule has 2 amide bonds. The van der Waals surface area contributed by atoms with E-state index in [1.165, 1.54) is 4.90 Å². The van der Waals surface area contributed by atoms with Gasteiger partial charge in [-0.15, -0.1) is 0 Å². The molecule has 1 aliphatic rings. The maximum absolute atomic E-state index is 15.1. The standard InChI is InChI=1S/C38H35N4O6P/c39-35(40)27-22-24-28(25-23-27)37(49(45,47-30-15-6-2-7-16-30)48-31-17-8-3-9-18-31)41-36(43)33-20-12-26-42(33)38(44)32-19-10-11-21-34(32)46-29-13-4-1-5-14-29/h1-11,13-19,21-25,33,37H,12,20,26H2,(H3,39,40)(H,41,43)/t33-,37?/m0/s1. The van der Waals surface area contributed by atoms with E-state index in [4.69, 9.17) is 24.9 Å². The van der Waals surface area contributed by atoms with Crippen LogP contribution in [0.5, 0.6) is 23.0 Å². The molecule has 1 aliphatic heterocycles. The number of amides is 2. The summed E-state index contributed by atoms with van der Waals surface area (Å²) >= 11 is 0. The van der Waals surface area contributed by atoms with Crippen molar-refractivity contribution in [3.05, 3.63) is 156 Å². The summed E-state index contributed by atoms with van der Waals surface area (Å²) in [4.78, 5) is 29.8. The van der Waals surface area contributed by atoms with Crippen LogP contribution < -0.4 is 24.8 Å². The molecule has 5 aromatic carbocycles. The largest absolute Gasteiger partial charge is 0.457 e. The van der Waals surface area contributed by atoms with Crippen molar-refractivity contribution >= 4 is 25.2 Å². The Bertz CT molecular complexity index is 1910. The molecule has 1 fully saturated rings. The number of nitrogen functional groups attached to an aromatic ring is 1. The molecular weight excluding hydrogens is 639 g/mol. The van der Waals surface area contributed by atoms with Crippen LogP contribution in [0.15, 0.2) is 140 Å². The zero-order valence-corrected chi connectivity index (χ0v) is 27.4. The second-order valence-electron chi connectivity index (χ2n) is 11.4. The zero-order valence-electron chi connectivity index (χ0n) is 26.5. The van der Waals surface area contributed by atoms with Gasteiger partial charge in [0.05, 0.1) is 5.56 Å². The molecule has 1 saturated heterocycles. The summed E-state index contributed by atoms with van der Waals surface area (Å²) in [5.41, 5.74) is 6.85. The van der Waals surface area contributed by atoms with Gasteiger partial charge in [0.25, 0.3) is 5.91 Å². The first-order valence-corrected chi connectivity index (χ1v) is 17.4. The average molecular weight is 675 g/mol. The highest BCUT2D eigenvalue weighted by atomic mass is 31.2. The third-order valence-electron chi connectivity index (χ3n) is 7.99. The quantitative estimate of drug-likeness (QED) is 0.0705. The Morgan fingerprint density at radius 2 is 1.29 bits per heavy atom. The number of nitrogens with zero attached hydrogens (tertiary/aromatic N) is 1. The van der Waals surface area contributed by atoms with E-state index in [2.05, 4.69) is 5.32 Å². The van der Waals surface area contributed by atoms with Gasteiger partial charge in [-0.3, -0.25) is 15.0 Å². The number of para-hydroxylation sites is 4.